The Bertz CT molecular complexity index is 600. The first-order chi connectivity index (χ1) is 10.5. The van der Waals surface area contributed by atoms with Crippen LogP contribution >= 0.6 is 0 Å². The monoisotopic (exact) mass is 328 g/mol. The van der Waals surface area contributed by atoms with E-state index in [9.17, 15) is 19.1 Å². The van der Waals surface area contributed by atoms with E-state index >= 15 is 0 Å². The number of amides is 2. The molecule has 0 saturated carbocycles. The maximum Gasteiger partial charge on any atom is 0.409 e. The van der Waals surface area contributed by atoms with Gasteiger partial charge in [-0.2, -0.15) is 0 Å². The predicted molar refractivity (Wildman–Crippen MR) is 81.9 cm³/mol. The van der Waals surface area contributed by atoms with E-state index in [1.165, 1.54) is 19.1 Å². The fraction of sp³-hybridized carbons (Fsp3) is 0.467. The molecule has 0 bridgehead atoms. The highest BCUT2D eigenvalue weighted by molar-refractivity contribution is 5.83. The molecule has 1 unspecified atom stereocenters. The normalized spacial score (nSPS) is 13.8. The summed E-state index contributed by atoms with van der Waals surface area (Å²) >= 11 is 0. The largest absolute Gasteiger partial charge is 0.465 e. The first-order valence-electron chi connectivity index (χ1n) is 6.89. The third-order valence-electron chi connectivity index (χ3n) is 2.91. The van der Waals surface area contributed by atoms with Crippen molar-refractivity contribution in [3.8, 4) is 0 Å². The van der Waals surface area contributed by atoms with Gasteiger partial charge in [-0.1, -0.05) is 0 Å². The highest BCUT2D eigenvalue weighted by Crippen LogP contribution is 2.27. The van der Waals surface area contributed by atoms with Crippen LogP contribution in [0.25, 0.3) is 0 Å². The Morgan fingerprint density at radius 1 is 1.26 bits per heavy atom. The fourth-order valence-electron chi connectivity index (χ4n) is 1.87. The molecule has 0 aliphatic rings. The Hall–Kier alpha value is -2.35. The van der Waals surface area contributed by atoms with Crippen molar-refractivity contribution in [1.29, 1.82) is 0 Å². The van der Waals surface area contributed by atoms with Crippen LogP contribution < -0.4 is 10.6 Å². The number of alkyl carbamates (subject to hydrolysis) is 1. The Morgan fingerprint density at radius 2 is 1.87 bits per heavy atom. The number of aliphatic hydroxyl groups is 1. The SMILES string of the molecule is CC(C)(C)OC(=O)NC(C)(CO)c1cc(NC(=O)O)ccc1F. The summed E-state index contributed by atoms with van der Waals surface area (Å²) < 4.78 is 19.2. The van der Waals surface area contributed by atoms with Crippen LogP contribution in [0, 0.1) is 5.82 Å². The maximum atomic E-state index is 14.1. The molecule has 0 spiro atoms. The number of carboxylic acid groups (broad SMARTS) is 1. The number of nitrogens with one attached hydrogen (secondary N) is 2. The van der Waals surface area contributed by atoms with Crippen LogP contribution in [0.5, 0.6) is 0 Å². The molecule has 0 aliphatic carbocycles. The summed E-state index contributed by atoms with van der Waals surface area (Å²) in [5.41, 5.74) is -2.20. The van der Waals surface area contributed by atoms with Crippen LogP contribution in [-0.2, 0) is 10.3 Å². The van der Waals surface area contributed by atoms with Crippen molar-refractivity contribution in [3.05, 3.63) is 29.6 Å². The number of benzene rings is 1. The minimum atomic E-state index is -1.48. The smallest absolute Gasteiger partial charge is 0.409 e. The molecule has 0 radical (unpaired) electrons. The van der Waals surface area contributed by atoms with Crippen LogP contribution in [-0.4, -0.2) is 34.6 Å². The van der Waals surface area contributed by atoms with Crippen LogP contribution in [0.2, 0.25) is 0 Å². The van der Waals surface area contributed by atoms with Gasteiger partial charge in [0.2, 0.25) is 0 Å². The Labute approximate surface area is 133 Å². The summed E-state index contributed by atoms with van der Waals surface area (Å²) in [6, 6.07) is 3.49. The molecule has 0 aromatic heterocycles. The molecule has 0 saturated heterocycles. The number of aliphatic hydroxyl groups excluding tert-OH is 1. The zero-order valence-corrected chi connectivity index (χ0v) is 13.4. The lowest BCUT2D eigenvalue weighted by atomic mass is 9.92. The molecule has 1 rings (SSSR count). The van der Waals surface area contributed by atoms with Crippen LogP contribution in [0.3, 0.4) is 0 Å². The molecule has 7 nitrogen and oxygen atoms in total. The second-order valence-corrected chi connectivity index (χ2v) is 6.24. The van der Waals surface area contributed by atoms with Gasteiger partial charge in [-0.25, -0.2) is 14.0 Å². The van der Waals surface area contributed by atoms with Crippen molar-refractivity contribution >= 4 is 17.9 Å². The Morgan fingerprint density at radius 3 is 2.35 bits per heavy atom. The van der Waals surface area contributed by atoms with Crippen molar-refractivity contribution in [3.63, 3.8) is 0 Å². The van der Waals surface area contributed by atoms with E-state index in [2.05, 4.69) is 10.6 Å². The number of hydrogen-bond donors (Lipinski definition) is 4. The topological polar surface area (TPSA) is 108 Å². The summed E-state index contributed by atoms with van der Waals surface area (Å²) in [4.78, 5) is 22.6. The van der Waals surface area contributed by atoms with Crippen LogP contribution in [0.15, 0.2) is 18.2 Å². The third-order valence-corrected chi connectivity index (χ3v) is 2.91. The number of carbonyl (C=O) groups is 2. The van der Waals surface area contributed by atoms with Crippen molar-refractivity contribution < 1.29 is 28.9 Å². The molecule has 1 aromatic carbocycles. The van der Waals surface area contributed by atoms with Crippen molar-refractivity contribution in [1.82, 2.24) is 5.32 Å². The summed E-state index contributed by atoms with van der Waals surface area (Å²) in [7, 11) is 0. The molecule has 8 heteroatoms. The molecule has 128 valence electrons. The van der Waals surface area contributed by atoms with Crippen molar-refractivity contribution in [2.45, 2.75) is 38.8 Å². The quantitative estimate of drug-likeness (QED) is 0.679. The number of hydrogen-bond acceptors (Lipinski definition) is 4. The van der Waals surface area contributed by atoms with Gasteiger partial charge < -0.3 is 20.3 Å². The molecule has 1 aromatic rings. The van der Waals surface area contributed by atoms with Crippen molar-refractivity contribution in [2.24, 2.45) is 0 Å². The highest BCUT2D eigenvalue weighted by atomic mass is 19.1. The van der Waals surface area contributed by atoms with Gasteiger partial charge in [0.1, 0.15) is 11.4 Å². The van der Waals surface area contributed by atoms with E-state index in [1.54, 1.807) is 20.8 Å². The first kappa shape index (κ1) is 18.7. The van der Waals surface area contributed by atoms with Gasteiger partial charge in [0.15, 0.2) is 0 Å². The number of anilines is 1. The number of rotatable bonds is 4. The average Bonchev–Trinajstić information content (AvgIpc) is 2.37. The molecular formula is C15H21FN2O5. The lowest BCUT2D eigenvalue weighted by Gasteiger charge is -2.31. The maximum absolute atomic E-state index is 14.1. The average molecular weight is 328 g/mol. The summed E-state index contributed by atoms with van der Waals surface area (Å²) in [5, 5.41) is 22.8. The zero-order chi connectivity index (χ0) is 17.8. The first-order valence-corrected chi connectivity index (χ1v) is 6.89. The fourth-order valence-corrected chi connectivity index (χ4v) is 1.87. The van der Waals surface area contributed by atoms with Gasteiger partial charge >= 0.3 is 12.2 Å². The second-order valence-electron chi connectivity index (χ2n) is 6.24. The summed E-state index contributed by atoms with van der Waals surface area (Å²) in [6.07, 6.45) is -2.14. The van der Waals surface area contributed by atoms with E-state index in [4.69, 9.17) is 9.84 Å². The minimum absolute atomic E-state index is 0.0721. The van der Waals surface area contributed by atoms with Gasteiger partial charge in [0, 0.05) is 11.3 Å². The second kappa shape index (κ2) is 6.82. The van der Waals surface area contributed by atoms with Gasteiger partial charge in [0.25, 0.3) is 0 Å². The lowest BCUT2D eigenvalue weighted by molar-refractivity contribution is 0.0408. The number of ether oxygens (including phenoxy) is 1. The summed E-state index contributed by atoms with van der Waals surface area (Å²) in [6.45, 7) is 5.79. The minimum Gasteiger partial charge on any atom is -0.465 e. The van der Waals surface area contributed by atoms with Crippen LogP contribution in [0.1, 0.15) is 33.3 Å². The molecular weight excluding hydrogens is 307 g/mol. The Kier molecular flexibility index (Phi) is 5.55. The van der Waals surface area contributed by atoms with Gasteiger partial charge in [0.05, 0.1) is 12.1 Å². The predicted octanol–water partition coefficient (Wildman–Crippen LogP) is 2.65. The standard InChI is InChI=1S/C15H21FN2O5/c1-14(2,3)23-13(22)18-15(4,8-19)10-7-9(17-12(20)21)5-6-11(10)16/h5-7,17,19H,8H2,1-4H3,(H,18,22)(H,20,21). The van der Waals surface area contributed by atoms with Gasteiger partial charge in [-0.05, 0) is 45.9 Å². The summed E-state index contributed by atoms with van der Waals surface area (Å²) in [5.74, 6) is -0.700. The highest BCUT2D eigenvalue weighted by Gasteiger charge is 2.33. The van der Waals surface area contributed by atoms with Gasteiger partial charge in [-0.3, -0.25) is 5.32 Å². The van der Waals surface area contributed by atoms with E-state index < -0.39 is 35.8 Å². The molecule has 0 fully saturated rings. The number of halogens is 1. The van der Waals surface area contributed by atoms with E-state index in [-0.39, 0.29) is 11.3 Å². The molecule has 2 amide bonds. The molecule has 4 N–H and O–H groups in total. The lowest BCUT2D eigenvalue weighted by Crippen LogP contribution is -2.48. The van der Waals surface area contributed by atoms with E-state index in [0.717, 1.165) is 6.07 Å². The third kappa shape index (κ3) is 5.41. The Balaban J connectivity index is 3.11. The molecule has 1 atom stereocenters. The zero-order valence-electron chi connectivity index (χ0n) is 13.4. The number of carbonyl (C=O) groups excluding carboxylic acids is 1. The molecule has 23 heavy (non-hydrogen) atoms. The van der Waals surface area contributed by atoms with E-state index in [0.29, 0.717) is 0 Å². The van der Waals surface area contributed by atoms with Crippen LogP contribution in [0.4, 0.5) is 19.7 Å². The van der Waals surface area contributed by atoms with E-state index in [1.807, 2.05) is 0 Å². The molecule has 0 aliphatic heterocycles. The van der Waals surface area contributed by atoms with Crippen molar-refractivity contribution in [2.75, 3.05) is 11.9 Å². The molecule has 0 heterocycles. The van der Waals surface area contributed by atoms with Gasteiger partial charge in [-0.15, -0.1) is 0 Å².